The first-order chi connectivity index (χ1) is 13.6. The van der Waals surface area contributed by atoms with Gasteiger partial charge in [0.1, 0.15) is 5.76 Å². The van der Waals surface area contributed by atoms with E-state index in [2.05, 4.69) is 11.9 Å². The highest BCUT2D eigenvalue weighted by Crippen LogP contribution is 2.39. The molecule has 1 aromatic carbocycles. The first-order valence-electron chi connectivity index (χ1n) is 9.35. The minimum Gasteiger partial charge on any atom is -0.507 e. The van der Waals surface area contributed by atoms with Gasteiger partial charge in [0.25, 0.3) is 11.7 Å². The number of rotatable bonds is 7. The second-order valence-electron chi connectivity index (χ2n) is 6.67. The van der Waals surface area contributed by atoms with Crippen molar-refractivity contribution in [3.8, 4) is 0 Å². The van der Waals surface area contributed by atoms with Gasteiger partial charge in [-0.05, 0) is 36.1 Å². The lowest BCUT2D eigenvalue weighted by molar-refractivity contribution is -0.140. The Hall–Kier alpha value is -2.99. The van der Waals surface area contributed by atoms with Crippen LogP contribution in [0.3, 0.4) is 0 Å². The molecule has 0 radical (unpaired) electrons. The molecule has 1 aliphatic heterocycles. The van der Waals surface area contributed by atoms with Crippen LogP contribution in [0.2, 0.25) is 0 Å². The molecule has 146 valence electrons. The molecule has 3 rings (SSSR count). The smallest absolute Gasteiger partial charge is 0.295 e. The number of Topliss-reactive ketones (excluding diaryl/α,β-unsaturated/α-hetero) is 1. The molecule has 1 atom stereocenters. The van der Waals surface area contributed by atoms with Gasteiger partial charge in [0.05, 0.1) is 11.6 Å². The molecule has 0 spiro atoms. The number of hydrogen-bond acceptors (Lipinski definition) is 5. The molecule has 0 bridgehead atoms. The molecule has 1 aromatic heterocycles. The highest BCUT2D eigenvalue weighted by Gasteiger charge is 2.45. The molecular formula is C22H24N2O4. The third kappa shape index (κ3) is 3.82. The highest BCUT2D eigenvalue weighted by atomic mass is 16.5. The van der Waals surface area contributed by atoms with Crippen molar-refractivity contribution >= 4 is 17.4 Å². The maximum atomic E-state index is 12.8. The number of carbonyl (C=O) groups is 2. The van der Waals surface area contributed by atoms with Crippen LogP contribution >= 0.6 is 0 Å². The Morgan fingerprint density at radius 1 is 1.14 bits per heavy atom. The Morgan fingerprint density at radius 3 is 2.43 bits per heavy atom. The van der Waals surface area contributed by atoms with Crippen LogP contribution in [0.1, 0.15) is 36.1 Å². The molecular weight excluding hydrogens is 356 g/mol. The number of ether oxygens (including phenoxy) is 1. The van der Waals surface area contributed by atoms with Gasteiger partial charge in [-0.3, -0.25) is 14.6 Å². The zero-order valence-electron chi connectivity index (χ0n) is 16.1. The fourth-order valence-corrected chi connectivity index (χ4v) is 3.44. The van der Waals surface area contributed by atoms with Crippen molar-refractivity contribution in [2.24, 2.45) is 0 Å². The van der Waals surface area contributed by atoms with Crippen molar-refractivity contribution in [1.29, 1.82) is 0 Å². The van der Waals surface area contributed by atoms with Gasteiger partial charge >= 0.3 is 0 Å². The van der Waals surface area contributed by atoms with Gasteiger partial charge in [-0.15, -0.1) is 0 Å². The van der Waals surface area contributed by atoms with Gasteiger partial charge in [0.2, 0.25) is 0 Å². The maximum Gasteiger partial charge on any atom is 0.295 e. The number of amides is 1. The summed E-state index contributed by atoms with van der Waals surface area (Å²) in [5.74, 6) is -1.45. The lowest BCUT2D eigenvalue weighted by atomic mass is 9.94. The number of aromatic nitrogens is 1. The molecule has 1 fully saturated rings. The summed E-state index contributed by atoms with van der Waals surface area (Å²) in [6, 6.07) is 10.4. The molecule has 0 saturated carbocycles. The second-order valence-corrected chi connectivity index (χ2v) is 6.67. The third-order valence-electron chi connectivity index (χ3n) is 4.94. The van der Waals surface area contributed by atoms with E-state index in [1.54, 1.807) is 19.2 Å². The van der Waals surface area contributed by atoms with Crippen molar-refractivity contribution < 1.29 is 19.4 Å². The van der Waals surface area contributed by atoms with E-state index >= 15 is 0 Å². The number of methoxy groups -OCH3 is 1. The van der Waals surface area contributed by atoms with Crippen molar-refractivity contribution in [3.63, 3.8) is 0 Å². The van der Waals surface area contributed by atoms with Crippen LogP contribution in [0.25, 0.3) is 5.76 Å². The van der Waals surface area contributed by atoms with Crippen molar-refractivity contribution in [3.05, 3.63) is 71.1 Å². The fourth-order valence-electron chi connectivity index (χ4n) is 3.44. The van der Waals surface area contributed by atoms with Crippen molar-refractivity contribution in [1.82, 2.24) is 9.88 Å². The Kier molecular flexibility index (Phi) is 6.21. The summed E-state index contributed by atoms with van der Waals surface area (Å²) >= 11 is 0. The summed E-state index contributed by atoms with van der Waals surface area (Å²) in [7, 11) is 1.60. The predicted molar refractivity (Wildman–Crippen MR) is 106 cm³/mol. The van der Waals surface area contributed by atoms with Crippen molar-refractivity contribution in [2.75, 3.05) is 20.3 Å². The number of aliphatic hydroxyl groups is 1. The molecule has 1 amide bonds. The molecule has 6 nitrogen and oxygen atoms in total. The number of hydrogen-bond donors (Lipinski definition) is 1. The molecule has 2 aromatic rings. The second kappa shape index (κ2) is 8.80. The zero-order valence-corrected chi connectivity index (χ0v) is 16.1. The first kappa shape index (κ1) is 19.8. The Bertz CT molecular complexity index is 875. The SMILES string of the molecule is CCc1ccc(C2/C(=C(/O)c3ccncc3)C(=O)C(=O)N2CCCOC)cc1. The number of ketones is 1. The molecule has 28 heavy (non-hydrogen) atoms. The van der Waals surface area contributed by atoms with Gasteiger partial charge in [-0.25, -0.2) is 0 Å². The molecule has 6 heteroatoms. The summed E-state index contributed by atoms with van der Waals surface area (Å²) in [5.41, 5.74) is 2.52. The third-order valence-corrected chi connectivity index (χ3v) is 4.94. The van der Waals surface area contributed by atoms with Crippen LogP contribution in [-0.2, 0) is 20.7 Å². The maximum absolute atomic E-state index is 12.8. The number of benzene rings is 1. The first-order valence-corrected chi connectivity index (χ1v) is 9.35. The molecule has 1 aliphatic rings. The highest BCUT2D eigenvalue weighted by molar-refractivity contribution is 6.46. The summed E-state index contributed by atoms with van der Waals surface area (Å²) in [5, 5.41) is 10.9. The van der Waals surface area contributed by atoms with E-state index in [1.165, 1.54) is 17.3 Å². The normalized spacial score (nSPS) is 18.6. The van der Waals surface area contributed by atoms with E-state index in [9.17, 15) is 14.7 Å². The summed E-state index contributed by atoms with van der Waals surface area (Å²) in [4.78, 5) is 31.0. The molecule has 0 aliphatic carbocycles. The number of carbonyl (C=O) groups excluding carboxylic acids is 2. The predicted octanol–water partition coefficient (Wildman–Crippen LogP) is 3.10. The average molecular weight is 380 g/mol. The molecule has 1 N–H and O–H groups in total. The monoisotopic (exact) mass is 380 g/mol. The van der Waals surface area contributed by atoms with Gasteiger partial charge in [0.15, 0.2) is 0 Å². The Balaban J connectivity index is 2.09. The van der Waals surface area contributed by atoms with E-state index in [-0.39, 0.29) is 11.3 Å². The van der Waals surface area contributed by atoms with E-state index in [0.717, 1.165) is 17.5 Å². The summed E-state index contributed by atoms with van der Waals surface area (Å²) in [6.45, 7) is 2.91. The molecule has 1 unspecified atom stereocenters. The van der Waals surface area contributed by atoms with Crippen LogP contribution < -0.4 is 0 Å². The number of aliphatic hydroxyl groups excluding tert-OH is 1. The minimum absolute atomic E-state index is 0.109. The Labute approximate surface area is 164 Å². The van der Waals surface area contributed by atoms with Crippen LogP contribution in [0.4, 0.5) is 0 Å². The van der Waals surface area contributed by atoms with Crippen LogP contribution in [0.15, 0.2) is 54.4 Å². The van der Waals surface area contributed by atoms with Crippen LogP contribution in [0, 0.1) is 0 Å². The lowest BCUT2D eigenvalue weighted by Gasteiger charge is -2.25. The van der Waals surface area contributed by atoms with Crippen LogP contribution in [-0.4, -0.2) is 46.9 Å². The minimum atomic E-state index is -0.670. The molecule has 2 heterocycles. The average Bonchev–Trinajstić information content (AvgIpc) is 2.99. The van der Waals surface area contributed by atoms with E-state index in [4.69, 9.17) is 4.74 Å². The van der Waals surface area contributed by atoms with E-state index in [1.807, 2.05) is 24.3 Å². The quantitative estimate of drug-likeness (QED) is 0.346. The van der Waals surface area contributed by atoms with Crippen molar-refractivity contribution in [2.45, 2.75) is 25.8 Å². The number of nitrogens with zero attached hydrogens (tertiary/aromatic N) is 2. The lowest BCUT2D eigenvalue weighted by Crippen LogP contribution is -2.31. The number of aryl methyl sites for hydroxylation is 1. The summed E-state index contributed by atoms with van der Waals surface area (Å²) < 4.78 is 5.09. The number of pyridine rings is 1. The van der Waals surface area contributed by atoms with Gasteiger partial charge < -0.3 is 14.7 Å². The largest absolute Gasteiger partial charge is 0.507 e. The van der Waals surface area contributed by atoms with Gasteiger partial charge in [-0.2, -0.15) is 0 Å². The zero-order chi connectivity index (χ0) is 20.1. The number of likely N-dealkylation sites (tertiary alicyclic amines) is 1. The van der Waals surface area contributed by atoms with Gasteiger partial charge in [0, 0.05) is 38.2 Å². The Morgan fingerprint density at radius 2 is 1.82 bits per heavy atom. The van der Waals surface area contributed by atoms with E-state index in [0.29, 0.717) is 25.1 Å². The standard InChI is InChI=1S/C22H24N2O4/c1-3-15-5-7-16(8-6-15)19-18(20(25)17-9-11-23-12-10-17)21(26)22(27)24(19)13-4-14-28-2/h5-12,19,25H,3-4,13-14H2,1-2H3/b20-18-. The van der Waals surface area contributed by atoms with E-state index < -0.39 is 17.7 Å². The summed E-state index contributed by atoms with van der Waals surface area (Å²) in [6.07, 6.45) is 4.57. The van der Waals surface area contributed by atoms with Gasteiger partial charge in [-0.1, -0.05) is 31.2 Å². The topological polar surface area (TPSA) is 79.7 Å². The fraction of sp³-hybridized carbons (Fsp3) is 0.318. The van der Waals surface area contributed by atoms with Crippen LogP contribution in [0.5, 0.6) is 0 Å². The molecule has 1 saturated heterocycles.